The van der Waals surface area contributed by atoms with Gasteiger partial charge in [0.1, 0.15) is 18.0 Å². The van der Waals surface area contributed by atoms with Gasteiger partial charge in [-0.3, -0.25) is 14.5 Å². The number of rotatable bonds is 4. The maximum Gasteiger partial charge on any atom is 0.262 e. The van der Waals surface area contributed by atoms with Crippen LogP contribution in [0.1, 0.15) is 17.3 Å². The van der Waals surface area contributed by atoms with Crippen LogP contribution >= 0.6 is 0 Å². The third kappa shape index (κ3) is 3.21. The summed E-state index contributed by atoms with van der Waals surface area (Å²) in [5, 5.41) is 11.8. The molecule has 3 rings (SSSR count). The van der Waals surface area contributed by atoms with E-state index in [2.05, 4.69) is 10.3 Å². The third-order valence-electron chi connectivity index (χ3n) is 3.51. The van der Waals surface area contributed by atoms with Crippen LogP contribution in [0.2, 0.25) is 0 Å². The zero-order chi connectivity index (χ0) is 17.1. The number of nitrogens with one attached hydrogen (secondary N) is 1. The Balaban J connectivity index is 1.94. The van der Waals surface area contributed by atoms with Gasteiger partial charge >= 0.3 is 0 Å². The zero-order valence-electron chi connectivity index (χ0n) is 13.1. The maximum absolute atomic E-state index is 12.9. The van der Waals surface area contributed by atoms with Gasteiger partial charge in [-0.15, -0.1) is 0 Å². The first kappa shape index (κ1) is 15.9. The van der Waals surface area contributed by atoms with Gasteiger partial charge in [0.15, 0.2) is 0 Å². The van der Waals surface area contributed by atoms with Crippen molar-refractivity contribution in [1.29, 1.82) is 0 Å². The normalized spacial score (nSPS) is 14.1. The smallest absolute Gasteiger partial charge is 0.262 e. The number of hydrogen-bond acceptors (Lipinski definition) is 5. The lowest BCUT2D eigenvalue weighted by Crippen LogP contribution is -2.42. The van der Waals surface area contributed by atoms with Crippen molar-refractivity contribution in [2.45, 2.75) is 13.0 Å². The summed E-state index contributed by atoms with van der Waals surface area (Å²) in [4.78, 5) is 30.5. The number of nitrogens with zero attached hydrogens (tertiary/aromatic N) is 2. The molecule has 1 atom stereocenters. The number of aromatic nitrogens is 1. The number of carbonyl (C=O) groups is 2. The molecule has 7 heteroatoms. The van der Waals surface area contributed by atoms with Crippen LogP contribution in [0, 0.1) is 0 Å². The van der Waals surface area contributed by atoms with E-state index < -0.39 is 6.10 Å². The van der Waals surface area contributed by atoms with Crippen LogP contribution in [-0.4, -0.2) is 41.1 Å². The number of aliphatic hydroxyl groups is 1. The lowest BCUT2D eigenvalue weighted by atomic mass is 10.1. The number of ether oxygens (including phenoxy) is 1. The summed E-state index contributed by atoms with van der Waals surface area (Å²) in [6.45, 7) is 1.50. The molecule has 2 heterocycles. The van der Waals surface area contributed by atoms with Crippen molar-refractivity contribution in [3.8, 4) is 11.6 Å². The minimum absolute atomic E-state index is 0.119. The van der Waals surface area contributed by atoms with Crippen LogP contribution in [0.25, 0.3) is 0 Å². The molecule has 0 fully saturated rings. The standard InChI is InChI=1S/C17H17N3O4/c1-11(21)9-19-15(22)10-20-13-6-4-8-18-16(13)24-14-7-3-2-5-12(14)17(20)23/h2-8,11,21H,9-10H2,1H3,(H,19,22). The molecule has 1 unspecified atom stereocenters. The third-order valence-corrected chi connectivity index (χ3v) is 3.51. The summed E-state index contributed by atoms with van der Waals surface area (Å²) in [5.74, 6) is -0.0588. The Kier molecular flexibility index (Phi) is 4.43. The van der Waals surface area contributed by atoms with Gasteiger partial charge in [0.2, 0.25) is 11.8 Å². The predicted octanol–water partition coefficient (Wildman–Crippen LogP) is 1.33. The fraction of sp³-hybridized carbons (Fsp3) is 0.235. The lowest BCUT2D eigenvalue weighted by molar-refractivity contribution is -0.120. The average molecular weight is 327 g/mol. The van der Waals surface area contributed by atoms with E-state index in [1.165, 1.54) is 4.90 Å². The summed E-state index contributed by atoms with van der Waals surface area (Å²) in [6.07, 6.45) is 0.898. The van der Waals surface area contributed by atoms with E-state index in [-0.39, 0.29) is 30.8 Å². The number of benzene rings is 1. The van der Waals surface area contributed by atoms with E-state index >= 15 is 0 Å². The highest BCUT2D eigenvalue weighted by Gasteiger charge is 2.30. The Labute approximate surface area is 138 Å². The molecule has 1 aliphatic heterocycles. The number of amides is 2. The van der Waals surface area contributed by atoms with Crippen LogP contribution in [0.15, 0.2) is 42.6 Å². The fourth-order valence-corrected chi connectivity index (χ4v) is 2.38. The molecule has 2 aromatic rings. The molecule has 2 N–H and O–H groups in total. The summed E-state index contributed by atoms with van der Waals surface area (Å²) >= 11 is 0. The van der Waals surface area contributed by atoms with Gasteiger partial charge < -0.3 is 15.2 Å². The second-order valence-electron chi connectivity index (χ2n) is 5.47. The number of anilines is 1. The lowest BCUT2D eigenvalue weighted by Gasteiger charge is -2.21. The van der Waals surface area contributed by atoms with Crippen molar-refractivity contribution in [3.05, 3.63) is 48.2 Å². The molecular formula is C17H17N3O4. The number of hydrogen-bond donors (Lipinski definition) is 2. The molecule has 0 radical (unpaired) electrons. The molecule has 1 aliphatic rings. The molecule has 2 amide bonds. The van der Waals surface area contributed by atoms with Gasteiger partial charge in [0, 0.05) is 12.7 Å². The van der Waals surface area contributed by atoms with Gasteiger partial charge in [-0.05, 0) is 31.2 Å². The van der Waals surface area contributed by atoms with Crippen LogP contribution in [-0.2, 0) is 4.79 Å². The molecule has 0 aliphatic carbocycles. The number of para-hydroxylation sites is 1. The number of fused-ring (bicyclic) bond motifs is 2. The second kappa shape index (κ2) is 6.67. The minimum atomic E-state index is -0.660. The minimum Gasteiger partial charge on any atom is -0.436 e. The summed E-state index contributed by atoms with van der Waals surface area (Å²) in [5.41, 5.74) is 0.782. The van der Waals surface area contributed by atoms with E-state index in [0.717, 1.165) is 0 Å². The van der Waals surface area contributed by atoms with Crippen molar-refractivity contribution in [2.24, 2.45) is 0 Å². The monoisotopic (exact) mass is 327 g/mol. The van der Waals surface area contributed by atoms with Gasteiger partial charge in [0.25, 0.3) is 5.91 Å². The summed E-state index contributed by atoms with van der Waals surface area (Å²) < 4.78 is 5.74. The SMILES string of the molecule is CC(O)CNC(=O)CN1C(=O)c2ccccc2Oc2ncccc21. The fourth-order valence-electron chi connectivity index (χ4n) is 2.38. The zero-order valence-corrected chi connectivity index (χ0v) is 13.1. The Morgan fingerprint density at radius 2 is 2.12 bits per heavy atom. The van der Waals surface area contributed by atoms with Gasteiger partial charge in [0.05, 0.1) is 11.7 Å². The van der Waals surface area contributed by atoms with E-state index in [0.29, 0.717) is 17.0 Å². The maximum atomic E-state index is 12.9. The number of carbonyl (C=O) groups excluding carboxylic acids is 2. The molecule has 1 aromatic carbocycles. The van der Waals surface area contributed by atoms with Crippen LogP contribution in [0.3, 0.4) is 0 Å². The summed E-state index contributed by atoms with van der Waals surface area (Å²) in [6, 6.07) is 10.2. The molecule has 0 saturated carbocycles. The van der Waals surface area contributed by atoms with Crippen molar-refractivity contribution >= 4 is 17.5 Å². The highest BCUT2D eigenvalue weighted by molar-refractivity contribution is 6.11. The first-order valence-electron chi connectivity index (χ1n) is 7.55. The Morgan fingerprint density at radius 3 is 2.92 bits per heavy atom. The van der Waals surface area contributed by atoms with E-state index in [1.807, 2.05) is 0 Å². The number of aliphatic hydroxyl groups excluding tert-OH is 1. The van der Waals surface area contributed by atoms with E-state index in [4.69, 9.17) is 4.74 Å². The molecule has 7 nitrogen and oxygen atoms in total. The molecule has 1 aromatic heterocycles. The van der Waals surface area contributed by atoms with Crippen LogP contribution in [0.5, 0.6) is 11.6 Å². The highest BCUT2D eigenvalue weighted by atomic mass is 16.5. The molecule has 0 spiro atoms. The Morgan fingerprint density at radius 1 is 1.33 bits per heavy atom. The summed E-state index contributed by atoms with van der Waals surface area (Å²) in [7, 11) is 0. The van der Waals surface area contributed by atoms with E-state index in [1.54, 1.807) is 49.5 Å². The van der Waals surface area contributed by atoms with Crippen LogP contribution < -0.4 is 15.0 Å². The molecule has 24 heavy (non-hydrogen) atoms. The van der Waals surface area contributed by atoms with Crippen molar-refractivity contribution in [3.63, 3.8) is 0 Å². The Bertz CT molecular complexity index is 776. The average Bonchev–Trinajstić information content (AvgIpc) is 2.69. The van der Waals surface area contributed by atoms with Gasteiger partial charge in [-0.25, -0.2) is 4.98 Å². The first-order valence-corrected chi connectivity index (χ1v) is 7.55. The molecule has 124 valence electrons. The van der Waals surface area contributed by atoms with Crippen molar-refractivity contribution < 1.29 is 19.4 Å². The molecular weight excluding hydrogens is 310 g/mol. The van der Waals surface area contributed by atoms with Crippen molar-refractivity contribution in [1.82, 2.24) is 10.3 Å². The highest BCUT2D eigenvalue weighted by Crippen LogP contribution is 2.36. The molecule has 0 bridgehead atoms. The van der Waals surface area contributed by atoms with Gasteiger partial charge in [-0.1, -0.05) is 12.1 Å². The quantitative estimate of drug-likeness (QED) is 0.884. The van der Waals surface area contributed by atoms with Gasteiger partial charge in [-0.2, -0.15) is 0 Å². The number of pyridine rings is 1. The topological polar surface area (TPSA) is 91.8 Å². The Hall–Kier alpha value is -2.93. The largest absolute Gasteiger partial charge is 0.436 e. The van der Waals surface area contributed by atoms with E-state index in [9.17, 15) is 14.7 Å². The first-order chi connectivity index (χ1) is 11.6. The van der Waals surface area contributed by atoms with Crippen LogP contribution in [0.4, 0.5) is 5.69 Å². The predicted molar refractivity (Wildman–Crippen MR) is 87.1 cm³/mol. The second-order valence-corrected chi connectivity index (χ2v) is 5.47. The molecule has 0 saturated heterocycles. The van der Waals surface area contributed by atoms with Crippen molar-refractivity contribution in [2.75, 3.05) is 18.0 Å².